The number of ether oxygens (including phenoxy) is 1. The Kier molecular flexibility index (Phi) is 3.37. The Balaban J connectivity index is 2.50. The third kappa shape index (κ3) is 3.18. The normalized spacial score (nSPS) is 23.4. The fourth-order valence-electron chi connectivity index (χ4n) is 1.37. The lowest BCUT2D eigenvalue weighted by Gasteiger charge is -2.34. The molecule has 1 atom stereocenters. The van der Waals surface area contributed by atoms with Crippen LogP contribution in [0.15, 0.2) is 0 Å². The number of amides is 1. The molecule has 81 valence electrons. The van der Waals surface area contributed by atoms with Gasteiger partial charge >= 0.3 is 6.09 Å². The molecule has 0 aliphatic carbocycles. The summed E-state index contributed by atoms with van der Waals surface area (Å²) in [5.74, 6) is 0. The van der Waals surface area contributed by atoms with Gasteiger partial charge in [0.15, 0.2) is 0 Å². The van der Waals surface area contributed by atoms with E-state index in [1.807, 2.05) is 27.7 Å². The summed E-state index contributed by atoms with van der Waals surface area (Å²) in [4.78, 5) is 13.4. The van der Waals surface area contributed by atoms with E-state index in [-0.39, 0.29) is 12.1 Å². The maximum absolute atomic E-state index is 11.7. The zero-order valence-corrected chi connectivity index (χ0v) is 9.41. The van der Waals surface area contributed by atoms with Gasteiger partial charge in [0.25, 0.3) is 0 Å². The first-order valence-corrected chi connectivity index (χ1v) is 5.03. The molecule has 0 bridgehead atoms. The van der Waals surface area contributed by atoms with Gasteiger partial charge in [0, 0.05) is 25.7 Å². The van der Waals surface area contributed by atoms with Crippen molar-refractivity contribution in [1.29, 1.82) is 0 Å². The van der Waals surface area contributed by atoms with Crippen molar-refractivity contribution in [3.8, 4) is 0 Å². The molecule has 1 rings (SSSR count). The van der Waals surface area contributed by atoms with Gasteiger partial charge in [0.1, 0.15) is 5.60 Å². The Morgan fingerprint density at radius 3 is 2.64 bits per heavy atom. The third-order valence-corrected chi connectivity index (χ3v) is 2.05. The lowest BCUT2D eigenvalue weighted by molar-refractivity contribution is 0.0138. The van der Waals surface area contributed by atoms with Crippen molar-refractivity contribution in [2.24, 2.45) is 0 Å². The smallest absolute Gasteiger partial charge is 0.410 e. The minimum atomic E-state index is -0.411. The Bertz CT molecular complexity index is 211. The third-order valence-electron chi connectivity index (χ3n) is 2.05. The van der Waals surface area contributed by atoms with Crippen LogP contribution in [0.2, 0.25) is 0 Å². The average molecular weight is 199 g/mol. The number of hydrogen-bond acceptors (Lipinski definition) is 2. The second-order valence-electron chi connectivity index (χ2n) is 4.65. The summed E-state index contributed by atoms with van der Waals surface area (Å²) in [6, 6.07) is 0.165. The van der Waals surface area contributed by atoms with Gasteiger partial charge < -0.3 is 9.64 Å². The molecule has 1 fully saturated rings. The van der Waals surface area contributed by atoms with Gasteiger partial charge in [0.2, 0.25) is 0 Å². The fourth-order valence-corrected chi connectivity index (χ4v) is 1.37. The quantitative estimate of drug-likeness (QED) is 0.589. The molecule has 1 saturated heterocycles. The molecule has 1 aliphatic heterocycles. The molecule has 4 nitrogen and oxygen atoms in total. The van der Waals surface area contributed by atoms with Crippen molar-refractivity contribution < 1.29 is 9.53 Å². The highest BCUT2D eigenvalue weighted by Crippen LogP contribution is 2.12. The Morgan fingerprint density at radius 2 is 2.14 bits per heavy atom. The minimum absolute atomic E-state index is 0.165. The lowest BCUT2D eigenvalue weighted by atomic mass is 10.2. The number of carbonyl (C=O) groups excluding carboxylic acids is 1. The molecule has 0 aromatic carbocycles. The maximum Gasteiger partial charge on any atom is 0.410 e. The molecule has 14 heavy (non-hydrogen) atoms. The summed E-state index contributed by atoms with van der Waals surface area (Å²) in [5.41, 5.74) is -0.411. The summed E-state index contributed by atoms with van der Waals surface area (Å²) < 4.78 is 5.29. The van der Waals surface area contributed by atoms with Crippen molar-refractivity contribution >= 4 is 6.09 Å². The van der Waals surface area contributed by atoms with Gasteiger partial charge in [-0.2, -0.15) is 0 Å². The van der Waals surface area contributed by atoms with Crippen molar-refractivity contribution in [1.82, 2.24) is 10.2 Å². The molecule has 0 N–H and O–H groups in total. The highest BCUT2D eigenvalue weighted by atomic mass is 16.6. The van der Waals surface area contributed by atoms with Gasteiger partial charge in [-0.05, 0) is 27.7 Å². The van der Waals surface area contributed by atoms with Gasteiger partial charge in [-0.15, -0.1) is 0 Å². The van der Waals surface area contributed by atoms with Crippen molar-refractivity contribution in [2.45, 2.75) is 39.3 Å². The van der Waals surface area contributed by atoms with Crippen LogP contribution in [-0.2, 0) is 4.74 Å². The molecule has 1 heterocycles. The number of piperazine rings is 1. The summed E-state index contributed by atoms with van der Waals surface area (Å²) in [7, 11) is 0. The van der Waals surface area contributed by atoms with E-state index in [0.717, 1.165) is 13.1 Å². The molecule has 1 radical (unpaired) electrons. The number of nitrogens with zero attached hydrogens (tertiary/aromatic N) is 2. The zero-order chi connectivity index (χ0) is 10.8. The number of carbonyl (C=O) groups is 1. The Hall–Kier alpha value is -0.770. The highest BCUT2D eigenvalue weighted by molar-refractivity contribution is 5.68. The van der Waals surface area contributed by atoms with Gasteiger partial charge in [-0.1, -0.05) is 0 Å². The predicted octanol–water partition coefficient (Wildman–Crippen LogP) is 1.23. The Labute approximate surface area is 85.6 Å². The molecular formula is C10H19N2O2. The van der Waals surface area contributed by atoms with E-state index in [1.165, 1.54) is 0 Å². The summed E-state index contributed by atoms with van der Waals surface area (Å²) >= 11 is 0. The molecule has 1 unspecified atom stereocenters. The van der Waals surface area contributed by atoms with E-state index in [9.17, 15) is 4.79 Å². The van der Waals surface area contributed by atoms with E-state index in [0.29, 0.717) is 6.54 Å². The van der Waals surface area contributed by atoms with Crippen LogP contribution in [0.5, 0.6) is 0 Å². The zero-order valence-electron chi connectivity index (χ0n) is 9.41. The van der Waals surface area contributed by atoms with Crippen molar-refractivity contribution in [3.63, 3.8) is 0 Å². The van der Waals surface area contributed by atoms with E-state index in [2.05, 4.69) is 5.32 Å². The average Bonchev–Trinajstić information content (AvgIpc) is 2.01. The van der Waals surface area contributed by atoms with Crippen LogP contribution in [0.4, 0.5) is 4.79 Å². The first kappa shape index (κ1) is 11.3. The van der Waals surface area contributed by atoms with Crippen LogP contribution in [0, 0.1) is 0 Å². The Morgan fingerprint density at radius 1 is 1.50 bits per heavy atom. The second-order valence-corrected chi connectivity index (χ2v) is 4.65. The first-order valence-electron chi connectivity index (χ1n) is 5.03. The number of rotatable bonds is 0. The van der Waals surface area contributed by atoms with Crippen molar-refractivity contribution in [2.75, 3.05) is 19.6 Å². The molecule has 0 spiro atoms. The summed E-state index contributed by atoms with van der Waals surface area (Å²) in [6.07, 6.45) is -0.222. The van der Waals surface area contributed by atoms with E-state index in [4.69, 9.17) is 4.74 Å². The first-order chi connectivity index (χ1) is 6.40. The van der Waals surface area contributed by atoms with Crippen LogP contribution in [0.1, 0.15) is 27.7 Å². The minimum Gasteiger partial charge on any atom is -0.444 e. The fraction of sp³-hybridized carbons (Fsp3) is 0.900. The summed E-state index contributed by atoms with van der Waals surface area (Å²) in [5, 5.41) is 4.24. The van der Waals surface area contributed by atoms with Gasteiger partial charge in [-0.25, -0.2) is 10.1 Å². The molecule has 0 aromatic heterocycles. The standard InChI is InChI=1S/C10H19N2O2/c1-8-7-11-5-6-12(8)9(13)14-10(2,3)4/h8H,5-7H2,1-4H3. The van der Waals surface area contributed by atoms with Gasteiger partial charge in [0.05, 0.1) is 0 Å². The molecule has 4 heteroatoms. The lowest BCUT2D eigenvalue weighted by Crippen LogP contribution is -2.51. The van der Waals surface area contributed by atoms with Crippen LogP contribution < -0.4 is 5.32 Å². The van der Waals surface area contributed by atoms with Crippen LogP contribution in [0.3, 0.4) is 0 Å². The number of hydrogen-bond donors (Lipinski definition) is 0. The van der Waals surface area contributed by atoms with Crippen LogP contribution in [-0.4, -0.2) is 42.3 Å². The molecule has 1 aliphatic rings. The topological polar surface area (TPSA) is 43.6 Å². The summed E-state index contributed by atoms with van der Waals surface area (Å²) in [6.45, 7) is 9.75. The largest absolute Gasteiger partial charge is 0.444 e. The van der Waals surface area contributed by atoms with Crippen LogP contribution >= 0.6 is 0 Å². The van der Waals surface area contributed by atoms with Gasteiger partial charge in [-0.3, -0.25) is 0 Å². The highest BCUT2D eigenvalue weighted by Gasteiger charge is 2.27. The molecule has 1 amide bonds. The van der Waals surface area contributed by atoms with E-state index in [1.54, 1.807) is 4.90 Å². The maximum atomic E-state index is 11.7. The molecule has 0 aromatic rings. The predicted molar refractivity (Wildman–Crippen MR) is 54.3 cm³/mol. The van der Waals surface area contributed by atoms with Crippen molar-refractivity contribution in [3.05, 3.63) is 0 Å². The molecular weight excluding hydrogens is 180 g/mol. The van der Waals surface area contributed by atoms with Crippen LogP contribution in [0.25, 0.3) is 0 Å². The SMILES string of the molecule is CC1C[N]CCN1C(=O)OC(C)(C)C. The van der Waals surface area contributed by atoms with E-state index >= 15 is 0 Å². The monoisotopic (exact) mass is 199 g/mol. The van der Waals surface area contributed by atoms with E-state index < -0.39 is 5.60 Å². The second kappa shape index (κ2) is 4.17. The molecule has 0 saturated carbocycles.